The molecule has 4 atom stereocenters. The van der Waals surface area contributed by atoms with E-state index in [4.69, 9.17) is 14.2 Å². The Hall–Kier alpha value is -1.14. The molecule has 0 aromatic carbocycles. The molecule has 0 N–H and O–H groups in total. The molecule has 6 heteroatoms. The highest BCUT2D eigenvalue weighted by atomic mass is 16.8. The molecule has 0 aromatic heterocycles. The van der Waals surface area contributed by atoms with Crippen molar-refractivity contribution in [1.82, 2.24) is 4.90 Å². The van der Waals surface area contributed by atoms with Gasteiger partial charge in [0.05, 0.1) is 12.1 Å². The lowest BCUT2D eigenvalue weighted by molar-refractivity contribution is -0.172. The molecule has 2 amide bonds. The first-order valence-electron chi connectivity index (χ1n) is 7.48. The summed E-state index contributed by atoms with van der Waals surface area (Å²) in [4.78, 5) is 25.9. The van der Waals surface area contributed by atoms with Gasteiger partial charge < -0.3 is 14.2 Å². The third-order valence-electron chi connectivity index (χ3n) is 4.18. The monoisotopic (exact) mass is 297 g/mol. The first-order chi connectivity index (χ1) is 9.57. The van der Waals surface area contributed by atoms with Crippen LogP contribution in [0.1, 0.15) is 47.5 Å². The summed E-state index contributed by atoms with van der Waals surface area (Å²) in [7, 11) is 0. The van der Waals surface area contributed by atoms with Gasteiger partial charge >= 0.3 is 6.09 Å². The molecule has 0 spiro atoms. The maximum absolute atomic E-state index is 12.3. The predicted molar refractivity (Wildman–Crippen MR) is 73.4 cm³/mol. The Kier molecular flexibility index (Phi) is 3.12. The van der Waals surface area contributed by atoms with E-state index in [1.54, 1.807) is 20.8 Å². The summed E-state index contributed by atoms with van der Waals surface area (Å²) in [6.07, 6.45) is 0.113. The highest BCUT2D eigenvalue weighted by Gasteiger charge is 2.60. The lowest BCUT2D eigenvalue weighted by Crippen LogP contribution is -2.52. The highest BCUT2D eigenvalue weighted by molar-refractivity contribution is 5.93. The molecule has 2 heterocycles. The summed E-state index contributed by atoms with van der Waals surface area (Å²) in [6.45, 7) is 9.09. The summed E-state index contributed by atoms with van der Waals surface area (Å²) in [5, 5.41) is 0. The maximum atomic E-state index is 12.3. The zero-order valence-corrected chi connectivity index (χ0v) is 13.2. The fraction of sp³-hybridized carbons (Fsp3) is 0.867. The van der Waals surface area contributed by atoms with Gasteiger partial charge in [0.25, 0.3) is 0 Å². The second-order valence-electron chi connectivity index (χ2n) is 7.58. The molecular weight excluding hydrogens is 274 g/mol. The van der Waals surface area contributed by atoms with Gasteiger partial charge in [-0.2, -0.15) is 0 Å². The van der Waals surface area contributed by atoms with Gasteiger partial charge in [0.1, 0.15) is 11.7 Å². The fourth-order valence-corrected chi connectivity index (χ4v) is 3.57. The summed E-state index contributed by atoms with van der Waals surface area (Å²) < 4.78 is 17.2. The van der Waals surface area contributed by atoms with E-state index in [2.05, 4.69) is 0 Å². The van der Waals surface area contributed by atoms with Crippen LogP contribution in [-0.2, 0) is 19.0 Å². The number of nitrogens with zero attached hydrogens (tertiary/aromatic N) is 1. The van der Waals surface area contributed by atoms with Crippen molar-refractivity contribution in [3.8, 4) is 0 Å². The van der Waals surface area contributed by atoms with Crippen molar-refractivity contribution in [1.29, 1.82) is 0 Å². The van der Waals surface area contributed by atoms with E-state index >= 15 is 0 Å². The molecule has 1 saturated carbocycles. The first kappa shape index (κ1) is 14.8. The van der Waals surface area contributed by atoms with E-state index in [0.29, 0.717) is 6.42 Å². The summed E-state index contributed by atoms with van der Waals surface area (Å²) in [6, 6.07) is -0.280. The molecule has 3 rings (SSSR count). The molecule has 118 valence electrons. The van der Waals surface area contributed by atoms with Gasteiger partial charge in [-0.1, -0.05) is 0 Å². The van der Waals surface area contributed by atoms with Crippen molar-refractivity contribution in [3.05, 3.63) is 0 Å². The van der Waals surface area contributed by atoms with Gasteiger partial charge in [0.15, 0.2) is 5.79 Å². The van der Waals surface area contributed by atoms with Crippen LogP contribution in [0.15, 0.2) is 0 Å². The van der Waals surface area contributed by atoms with Gasteiger partial charge in [-0.3, -0.25) is 4.79 Å². The third-order valence-corrected chi connectivity index (χ3v) is 4.18. The number of piperidine rings is 1. The quantitative estimate of drug-likeness (QED) is 0.685. The lowest BCUT2D eigenvalue weighted by atomic mass is 9.97. The molecular formula is C15H23NO5. The number of likely N-dealkylation sites (tertiary alicyclic amines) is 1. The largest absolute Gasteiger partial charge is 0.443 e. The summed E-state index contributed by atoms with van der Waals surface area (Å²) >= 11 is 0. The Morgan fingerprint density at radius 3 is 2.52 bits per heavy atom. The van der Waals surface area contributed by atoms with Crippen LogP contribution < -0.4 is 0 Å². The Morgan fingerprint density at radius 2 is 1.90 bits per heavy atom. The molecule has 0 unspecified atom stereocenters. The number of rotatable bonds is 0. The average Bonchev–Trinajstić information content (AvgIpc) is 2.71. The lowest BCUT2D eigenvalue weighted by Gasteiger charge is -2.35. The number of carbonyl (C=O) groups excluding carboxylic acids is 2. The van der Waals surface area contributed by atoms with Crippen LogP contribution in [0.25, 0.3) is 0 Å². The van der Waals surface area contributed by atoms with E-state index in [0.717, 1.165) is 6.42 Å². The van der Waals surface area contributed by atoms with Crippen molar-refractivity contribution in [2.45, 2.75) is 77.1 Å². The van der Waals surface area contributed by atoms with Gasteiger partial charge in [-0.05, 0) is 47.0 Å². The minimum Gasteiger partial charge on any atom is -0.443 e. The second kappa shape index (κ2) is 4.43. The van der Waals surface area contributed by atoms with Crippen molar-refractivity contribution in [3.63, 3.8) is 0 Å². The van der Waals surface area contributed by atoms with Crippen LogP contribution in [0.4, 0.5) is 4.79 Å². The van der Waals surface area contributed by atoms with Crippen LogP contribution in [0.3, 0.4) is 0 Å². The van der Waals surface area contributed by atoms with Crippen molar-refractivity contribution in [2.24, 2.45) is 5.92 Å². The Morgan fingerprint density at radius 1 is 1.29 bits per heavy atom. The van der Waals surface area contributed by atoms with Gasteiger partial charge in [-0.25, -0.2) is 9.69 Å². The minimum absolute atomic E-state index is 0.110. The van der Waals surface area contributed by atoms with E-state index in [1.165, 1.54) is 4.90 Å². The van der Waals surface area contributed by atoms with Crippen molar-refractivity contribution >= 4 is 12.0 Å². The zero-order chi connectivity index (χ0) is 15.6. The molecule has 2 aliphatic heterocycles. The second-order valence-corrected chi connectivity index (χ2v) is 7.58. The predicted octanol–water partition coefficient (Wildman–Crippen LogP) is 2.06. The molecule has 3 aliphatic rings. The van der Waals surface area contributed by atoms with E-state index in [9.17, 15) is 9.59 Å². The smallest absolute Gasteiger partial charge is 0.417 e. The average molecular weight is 297 g/mol. The molecule has 1 aliphatic carbocycles. The topological polar surface area (TPSA) is 65.1 Å². The molecule has 0 aromatic rings. The molecule has 2 bridgehead atoms. The minimum atomic E-state index is -0.660. The molecule has 21 heavy (non-hydrogen) atoms. The van der Waals surface area contributed by atoms with E-state index in [-0.39, 0.29) is 30.1 Å². The molecule has 0 radical (unpaired) electrons. The van der Waals surface area contributed by atoms with E-state index < -0.39 is 17.5 Å². The van der Waals surface area contributed by atoms with Crippen LogP contribution in [-0.4, -0.2) is 46.5 Å². The zero-order valence-electron chi connectivity index (χ0n) is 13.2. The Bertz CT molecular complexity index is 481. The SMILES string of the molecule is CC(C)(C)OC(=O)N1C(=O)C[C@@H]2C[C@H]1[C@H]1OC(C)(C)O[C@@H]21. The number of imide groups is 1. The number of fused-ring (bicyclic) bond motifs is 5. The van der Waals surface area contributed by atoms with E-state index in [1.807, 2.05) is 13.8 Å². The van der Waals surface area contributed by atoms with Crippen molar-refractivity contribution in [2.75, 3.05) is 0 Å². The summed E-state index contributed by atoms with van der Waals surface area (Å²) in [5.74, 6) is -0.718. The first-order valence-corrected chi connectivity index (χ1v) is 7.48. The van der Waals surface area contributed by atoms with Crippen LogP contribution >= 0.6 is 0 Å². The number of carbonyl (C=O) groups is 2. The number of ether oxygens (including phenoxy) is 3. The molecule has 3 fully saturated rings. The maximum Gasteiger partial charge on any atom is 0.417 e. The standard InChI is InChI=1S/C15H23NO5/c1-14(2,3)21-13(18)16-9-6-8(7-10(16)17)11-12(9)20-15(4,5)19-11/h8-9,11-12H,6-7H2,1-5H3/t8-,9-,11-,12+/m0/s1. The van der Waals surface area contributed by atoms with Crippen LogP contribution in [0, 0.1) is 5.92 Å². The molecule has 6 nitrogen and oxygen atoms in total. The van der Waals surface area contributed by atoms with Crippen LogP contribution in [0.2, 0.25) is 0 Å². The van der Waals surface area contributed by atoms with Gasteiger partial charge in [-0.15, -0.1) is 0 Å². The van der Waals surface area contributed by atoms with Gasteiger partial charge in [0.2, 0.25) is 5.91 Å². The summed E-state index contributed by atoms with van der Waals surface area (Å²) in [5.41, 5.74) is -0.626. The van der Waals surface area contributed by atoms with Crippen molar-refractivity contribution < 1.29 is 23.8 Å². The fourth-order valence-electron chi connectivity index (χ4n) is 3.57. The third kappa shape index (κ3) is 2.55. The highest BCUT2D eigenvalue weighted by Crippen LogP contribution is 2.47. The Balaban J connectivity index is 1.83. The number of hydrogen-bond acceptors (Lipinski definition) is 5. The normalized spacial score (nSPS) is 37.6. The Labute approximate surface area is 124 Å². The van der Waals surface area contributed by atoms with Crippen LogP contribution in [0.5, 0.6) is 0 Å². The number of hydrogen-bond donors (Lipinski definition) is 0. The molecule has 2 saturated heterocycles. The van der Waals surface area contributed by atoms with Gasteiger partial charge in [0, 0.05) is 6.42 Å². The number of amides is 2.